The molecule has 2 heterocycles. The summed E-state index contributed by atoms with van der Waals surface area (Å²) in [6.07, 6.45) is 3.97. The van der Waals surface area contributed by atoms with Crippen LogP contribution in [-0.4, -0.2) is 41.1 Å². The van der Waals surface area contributed by atoms with Crippen LogP contribution in [-0.2, 0) is 0 Å². The van der Waals surface area contributed by atoms with E-state index in [1.165, 1.54) is 12.0 Å². The molecule has 0 spiro atoms. The van der Waals surface area contributed by atoms with Crippen molar-refractivity contribution in [1.82, 2.24) is 14.8 Å². The number of rotatable bonds is 5. The monoisotopic (exact) mass is 403 g/mol. The summed E-state index contributed by atoms with van der Waals surface area (Å²) in [5, 5.41) is 4.37. The van der Waals surface area contributed by atoms with E-state index in [0.29, 0.717) is 28.9 Å². The number of likely N-dealkylation sites (N-methyl/N-ethyl adjacent to an activating group) is 1. The molecule has 2 aromatic carbocycles. The lowest BCUT2D eigenvalue weighted by atomic mass is 10.1. The van der Waals surface area contributed by atoms with E-state index in [1.807, 2.05) is 50.2 Å². The van der Waals surface area contributed by atoms with Crippen molar-refractivity contribution in [2.24, 2.45) is 0 Å². The largest absolute Gasteiger partial charge is 0.350 e. The van der Waals surface area contributed by atoms with Crippen LogP contribution >= 0.6 is 0 Å². The van der Waals surface area contributed by atoms with Crippen molar-refractivity contribution >= 4 is 16.7 Å². The zero-order valence-electron chi connectivity index (χ0n) is 17.9. The molecule has 0 aliphatic carbocycles. The van der Waals surface area contributed by atoms with Gasteiger partial charge >= 0.3 is 0 Å². The Morgan fingerprint density at radius 1 is 1.10 bits per heavy atom. The molecule has 1 saturated heterocycles. The number of carbonyl (C=O) groups is 1. The molecule has 0 bridgehead atoms. The number of nitrogens with one attached hydrogen (secondary N) is 1. The van der Waals surface area contributed by atoms with E-state index < -0.39 is 0 Å². The molecule has 30 heavy (non-hydrogen) atoms. The Morgan fingerprint density at radius 3 is 2.60 bits per heavy atom. The average molecular weight is 404 g/mol. The first-order valence-electron chi connectivity index (χ1n) is 10.7. The first kappa shape index (κ1) is 20.4. The summed E-state index contributed by atoms with van der Waals surface area (Å²) >= 11 is 0. The second kappa shape index (κ2) is 8.44. The highest BCUT2D eigenvalue weighted by atomic mass is 16.2. The summed E-state index contributed by atoms with van der Waals surface area (Å²) in [6.45, 7) is 8.96. The van der Waals surface area contributed by atoms with Crippen molar-refractivity contribution < 1.29 is 4.79 Å². The van der Waals surface area contributed by atoms with Gasteiger partial charge in [-0.15, -0.1) is 0 Å². The molecule has 1 aliphatic heterocycles. The molecule has 5 nitrogen and oxygen atoms in total. The van der Waals surface area contributed by atoms with E-state index in [4.69, 9.17) is 0 Å². The molecule has 3 aromatic rings. The molecule has 4 rings (SSSR count). The van der Waals surface area contributed by atoms with Crippen LogP contribution in [0.5, 0.6) is 0 Å². The average Bonchev–Trinajstić information content (AvgIpc) is 3.22. The van der Waals surface area contributed by atoms with Gasteiger partial charge in [-0.05, 0) is 69.1 Å². The lowest BCUT2D eigenvalue weighted by Gasteiger charge is -2.23. The van der Waals surface area contributed by atoms with Crippen LogP contribution in [0.25, 0.3) is 16.5 Å². The third kappa shape index (κ3) is 3.77. The molecule has 1 atom stereocenters. The third-order valence-electron chi connectivity index (χ3n) is 6.34. The minimum atomic E-state index is -0.133. The molecule has 1 N–H and O–H groups in total. The SMILES string of the molecule is CCN1CCCC1CNC(=O)c1cn(-c2ccc(C)c(C)c2)c(=O)c2ccccc12. The summed E-state index contributed by atoms with van der Waals surface area (Å²) < 4.78 is 1.59. The Morgan fingerprint density at radius 2 is 1.87 bits per heavy atom. The number of carbonyl (C=O) groups excluding carboxylic acids is 1. The second-order valence-electron chi connectivity index (χ2n) is 8.17. The highest BCUT2D eigenvalue weighted by Gasteiger charge is 2.24. The lowest BCUT2D eigenvalue weighted by molar-refractivity contribution is 0.0942. The number of aryl methyl sites for hydroxylation is 2. The predicted molar refractivity (Wildman–Crippen MR) is 122 cm³/mol. The molecular weight excluding hydrogens is 374 g/mol. The molecule has 0 saturated carbocycles. The van der Waals surface area contributed by atoms with Crippen LogP contribution in [0.3, 0.4) is 0 Å². The van der Waals surface area contributed by atoms with E-state index in [0.717, 1.165) is 30.8 Å². The van der Waals surface area contributed by atoms with E-state index in [9.17, 15) is 9.59 Å². The van der Waals surface area contributed by atoms with Gasteiger partial charge in [0.15, 0.2) is 0 Å². The third-order valence-corrected chi connectivity index (χ3v) is 6.34. The number of pyridine rings is 1. The zero-order chi connectivity index (χ0) is 21.3. The van der Waals surface area contributed by atoms with Gasteiger partial charge < -0.3 is 5.32 Å². The minimum absolute atomic E-state index is 0.113. The van der Waals surface area contributed by atoms with Gasteiger partial charge in [-0.3, -0.25) is 19.1 Å². The number of benzene rings is 2. The van der Waals surface area contributed by atoms with Crippen molar-refractivity contribution in [1.29, 1.82) is 0 Å². The van der Waals surface area contributed by atoms with Gasteiger partial charge in [0.1, 0.15) is 0 Å². The summed E-state index contributed by atoms with van der Waals surface area (Å²) in [4.78, 5) is 28.8. The first-order valence-corrected chi connectivity index (χ1v) is 10.7. The van der Waals surface area contributed by atoms with Gasteiger partial charge in [0.2, 0.25) is 0 Å². The van der Waals surface area contributed by atoms with Crippen molar-refractivity contribution in [3.63, 3.8) is 0 Å². The molecule has 1 aromatic heterocycles. The molecule has 1 aliphatic rings. The van der Waals surface area contributed by atoms with Gasteiger partial charge in [-0.2, -0.15) is 0 Å². The smallest absolute Gasteiger partial charge is 0.262 e. The summed E-state index contributed by atoms with van der Waals surface area (Å²) in [7, 11) is 0. The lowest BCUT2D eigenvalue weighted by Crippen LogP contribution is -2.40. The number of hydrogen-bond donors (Lipinski definition) is 1. The number of likely N-dealkylation sites (tertiary alicyclic amines) is 1. The summed E-state index contributed by atoms with van der Waals surface area (Å²) in [5.41, 5.74) is 3.47. The number of amides is 1. The Bertz CT molecular complexity index is 1150. The van der Waals surface area contributed by atoms with Crippen LogP contribution in [0, 0.1) is 13.8 Å². The molecule has 1 unspecified atom stereocenters. The van der Waals surface area contributed by atoms with Crippen molar-refractivity contribution in [2.75, 3.05) is 19.6 Å². The quantitative estimate of drug-likeness (QED) is 0.705. The summed E-state index contributed by atoms with van der Waals surface area (Å²) in [6, 6.07) is 13.7. The maximum atomic E-state index is 13.2. The minimum Gasteiger partial charge on any atom is -0.350 e. The predicted octanol–water partition coefficient (Wildman–Crippen LogP) is 3.82. The maximum absolute atomic E-state index is 13.2. The van der Waals surface area contributed by atoms with Gasteiger partial charge in [0.25, 0.3) is 11.5 Å². The fraction of sp³-hybridized carbons (Fsp3) is 0.360. The van der Waals surface area contributed by atoms with Crippen molar-refractivity contribution in [2.45, 2.75) is 39.7 Å². The van der Waals surface area contributed by atoms with Gasteiger partial charge in [-0.1, -0.05) is 31.2 Å². The van der Waals surface area contributed by atoms with E-state index in [-0.39, 0.29) is 11.5 Å². The number of fused-ring (bicyclic) bond motifs is 1. The van der Waals surface area contributed by atoms with Crippen LogP contribution in [0.2, 0.25) is 0 Å². The Kier molecular flexibility index (Phi) is 5.73. The molecule has 0 radical (unpaired) electrons. The highest BCUT2D eigenvalue weighted by Crippen LogP contribution is 2.20. The van der Waals surface area contributed by atoms with Gasteiger partial charge in [0.05, 0.1) is 5.56 Å². The Hall–Kier alpha value is -2.92. The van der Waals surface area contributed by atoms with Gasteiger partial charge in [0, 0.05) is 35.2 Å². The first-order chi connectivity index (χ1) is 14.5. The van der Waals surface area contributed by atoms with Gasteiger partial charge in [-0.25, -0.2) is 0 Å². The van der Waals surface area contributed by atoms with Crippen LogP contribution in [0.1, 0.15) is 41.3 Å². The highest BCUT2D eigenvalue weighted by molar-refractivity contribution is 6.06. The van der Waals surface area contributed by atoms with Crippen LogP contribution in [0.4, 0.5) is 0 Å². The number of nitrogens with zero attached hydrogens (tertiary/aromatic N) is 2. The second-order valence-corrected chi connectivity index (χ2v) is 8.17. The standard InChI is InChI=1S/C25H29N3O2/c1-4-27-13-7-8-20(27)15-26-24(29)23-16-28(19-12-11-17(2)18(3)14-19)25(30)22-10-6-5-9-21(22)23/h5-6,9-12,14,16,20H,4,7-8,13,15H2,1-3H3,(H,26,29). The molecule has 1 fully saturated rings. The zero-order valence-corrected chi connectivity index (χ0v) is 17.9. The maximum Gasteiger partial charge on any atom is 0.262 e. The van der Waals surface area contributed by atoms with E-state index >= 15 is 0 Å². The van der Waals surface area contributed by atoms with Crippen LogP contribution in [0.15, 0.2) is 53.5 Å². The summed E-state index contributed by atoms with van der Waals surface area (Å²) in [5.74, 6) is -0.133. The van der Waals surface area contributed by atoms with E-state index in [1.54, 1.807) is 16.8 Å². The number of aromatic nitrogens is 1. The fourth-order valence-electron chi connectivity index (χ4n) is 4.39. The normalized spacial score (nSPS) is 16.8. The fourth-order valence-corrected chi connectivity index (χ4v) is 4.39. The van der Waals surface area contributed by atoms with Crippen molar-refractivity contribution in [3.8, 4) is 5.69 Å². The Balaban J connectivity index is 1.73. The van der Waals surface area contributed by atoms with E-state index in [2.05, 4.69) is 17.1 Å². The van der Waals surface area contributed by atoms with Crippen molar-refractivity contribution in [3.05, 3.63) is 75.7 Å². The molecule has 156 valence electrons. The topological polar surface area (TPSA) is 54.3 Å². The molecule has 5 heteroatoms. The van der Waals surface area contributed by atoms with Crippen LogP contribution < -0.4 is 10.9 Å². The Labute approximate surface area is 177 Å². The molecular formula is C25H29N3O2. The molecule has 1 amide bonds. The number of hydrogen-bond acceptors (Lipinski definition) is 3.